The first-order valence-corrected chi connectivity index (χ1v) is 9.19. The van der Waals surface area contributed by atoms with Gasteiger partial charge in [-0.05, 0) is 26.3 Å². The van der Waals surface area contributed by atoms with Gasteiger partial charge in [-0.15, -0.1) is 11.3 Å². The number of rotatable bonds is 7. The zero-order valence-corrected chi connectivity index (χ0v) is 14.5. The Morgan fingerprint density at radius 3 is 2.86 bits per heavy atom. The molecule has 1 N–H and O–H groups in total. The van der Waals surface area contributed by atoms with Crippen molar-refractivity contribution >= 4 is 11.3 Å². The van der Waals surface area contributed by atoms with Gasteiger partial charge in [0.05, 0.1) is 11.2 Å². The molecule has 1 aliphatic rings. The summed E-state index contributed by atoms with van der Waals surface area (Å²) < 4.78 is 0. The standard InChI is InChI=1S/C17H26N4S/c1-13-16(22-12-19-13)7-8-21(2)11-15-10-18-17(20-15)9-14-5-3-4-6-14/h10,12,14H,3-9,11H2,1-2H3,(H,18,20). The van der Waals surface area contributed by atoms with Gasteiger partial charge in [-0.1, -0.05) is 25.7 Å². The maximum Gasteiger partial charge on any atom is 0.106 e. The van der Waals surface area contributed by atoms with Gasteiger partial charge in [0.25, 0.3) is 0 Å². The highest BCUT2D eigenvalue weighted by molar-refractivity contribution is 7.09. The Labute approximate surface area is 137 Å². The molecule has 0 bridgehead atoms. The molecule has 120 valence electrons. The van der Waals surface area contributed by atoms with Crippen molar-refractivity contribution in [1.29, 1.82) is 0 Å². The first-order valence-electron chi connectivity index (χ1n) is 8.31. The van der Waals surface area contributed by atoms with Crippen molar-refractivity contribution in [2.24, 2.45) is 5.92 Å². The van der Waals surface area contributed by atoms with E-state index >= 15 is 0 Å². The average Bonchev–Trinajstić information content (AvgIpc) is 3.21. The Balaban J connectivity index is 1.46. The number of thiazole rings is 1. The van der Waals surface area contributed by atoms with Gasteiger partial charge in [-0.25, -0.2) is 9.97 Å². The number of likely N-dealkylation sites (N-methyl/N-ethyl adjacent to an activating group) is 1. The molecule has 0 spiro atoms. The first kappa shape index (κ1) is 15.7. The number of nitrogens with zero attached hydrogens (tertiary/aromatic N) is 3. The van der Waals surface area contributed by atoms with E-state index < -0.39 is 0 Å². The fraction of sp³-hybridized carbons (Fsp3) is 0.647. The number of hydrogen-bond acceptors (Lipinski definition) is 4. The van der Waals surface area contributed by atoms with E-state index in [0.717, 1.165) is 31.8 Å². The normalized spacial score (nSPS) is 16.0. The molecule has 0 unspecified atom stereocenters. The van der Waals surface area contributed by atoms with Crippen LogP contribution < -0.4 is 0 Å². The predicted octanol–water partition coefficient (Wildman–Crippen LogP) is 3.58. The van der Waals surface area contributed by atoms with Crippen LogP contribution in [0.4, 0.5) is 0 Å². The van der Waals surface area contributed by atoms with Crippen molar-refractivity contribution in [3.8, 4) is 0 Å². The van der Waals surface area contributed by atoms with Crippen molar-refractivity contribution in [3.63, 3.8) is 0 Å². The second-order valence-electron chi connectivity index (χ2n) is 6.56. The lowest BCUT2D eigenvalue weighted by Crippen LogP contribution is -2.21. The van der Waals surface area contributed by atoms with Gasteiger partial charge in [0.2, 0.25) is 0 Å². The van der Waals surface area contributed by atoms with Gasteiger partial charge >= 0.3 is 0 Å². The third-order valence-corrected chi connectivity index (χ3v) is 5.64. The maximum absolute atomic E-state index is 4.57. The van der Waals surface area contributed by atoms with E-state index in [2.05, 4.69) is 33.8 Å². The molecule has 0 aliphatic heterocycles. The van der Waals surface area contributed by atoms with Gasteiger partial charge in [-0.2, -0.15) is 0 Å². The van der Waals surface area contributed by atoms with Gasteiger partial charge in [0, 0.05) is 36.3 Å². The minimum Gasteiger partial charge on any atom is -0.345 e. The highest BCUT2D eigenvalue weighted by Crippen LogP contribution is 2.27. The fourth-order valence-electron chi connectivity index (χ4n) is 3.31. The van der Waals surface area contributed by atoms with Gasteiger partial charge < -0.3 is 9.88 Å². The van der Waals surface area contributed by atoms with Gasteiger partial charge in [0.15, 0.2) is 0 Å². The lowest BCUT2D eigenvalue weighted by atomic mass is 10.0. The van der Waals surface area contributed by atoms with E-state index in [1.807, 2.05) is 11.7 Å². The SMILES string of the molecule is Cc1ncsc1CCN(C)Cc1cnc(CC2CCCC2)[nH]1. The summed E-state index contributed by atoms with van der Waals surface area (Å²) in [5.41, 5.74) is 4.35. The number of aromatic amines is 1. The highest BCUT2D eigenvalue weighted by Gasteiger charge is 2.17. The van der Waals surface area contributed by atoms with Crippen LogP contribution in [0.25, 0.3) is 0 Å². The molecule has 4 nitrogen and oxygen atoms in total. The lowest BCUT2D eigenvalue weighted by molar-refractivity contribution is 0.328. The molecule has 0 atom stereocenters. The third kappa shape index (κ3) is 4.17. The van der Waals surface area contributed by atoms with E-state index in [4.69, 9.17) is 0 Å². The van der Waals surface area contributed by atoms with Crippen LogP contribution in [0.2, 0.25) is 0 Å². The van der Waals surface area contributed by atoms with Crippen LogP contribution in [0.5, 0.6) is 0 Å². The largest absolute Gasteiger partial charge is 0.345 e. The first-order chi connectivity index (χ1) is 10.7. The Morgan fingerprint density at radius 2 is 2.14 bits per heavy atom. The van der Waals surface area contributed by atoms with Crippen molar-refractivity contribution in [3.05, 3.63) is 33.8 Å². The molecule has 0 amide bonds. The Morgan fingerprint density at radius 1 is 1.32 bits per heavy atom. The second kappa shape index (κ2) is 7.38. The zero-order valence-electron chi connectivity index (χ0n) is 13.6. The molecule has 5 heteroatoms. The summed E-state index contributed by atoms with van der Waals surface area (Å²) >= 11 is 1.76. The summed E-state index contributed by atoms with van der Waals surface area (Å²) in [6.07, 6.45) is 9.78. The third-order valence-electron chi connectivity index (χ3n) is 4.64. The zero-order chi connectivity index (χ0) is 15.4. The van der Waals surface area contributed by atoms with Crippen molar-refractivity contribution < 1.29 is 0 Å². The topological polar surface area (TPSA) is 44.8 Å². The molecule has 0 saturated heterocycles. The smallest absolute Gasteiger partial charge is 0.106 e. The highest BCUT2D eigenvalue weighted by atomic mass is 32.1. The molecule has 0 radical (unpaired) electrons. The average molecular weight is 318 g/mol. The molecule has 3 rings (SSSR count). The van der Waals surface area contributed by atoms with Crippen LogP contribution in [0.3, 0.4) is 0 Å². The molecule has 2 aromatic rings. The monoisotopic (exact) mass is 318 g/mol. The maximum atomic E-state index is 4.57. The lowest BCUT2D eigenvalue weighted by Gasteiger charge is -2.15. The molecule has 1 aliphatic carbocycles. The number of imidazole rings is 1. The summed E-state index contributed by atoms with van der Waals surface area (Å²) in [7, 11) is 2.17. The van der Waals surface area contributed by atoms with E-state index in [1.165, 1.54) is 47.8 Å². The van der Waals surface area contributed by atoms with Crippen LogP contribution in [-0.2, 0) is 19.4 Å². The molecule has 2 heterocycles. The number of H-pyrrole nitrogens is 1. The number of nitrogens with one attached hydrogen (secondary N) is 1. The van der Waals surface area contributed by atoms with E-state index in [0.29, 0.717) is 0 Å². The molecule has 1 saturated carbocycles. The molecule has 0 aromatic carbocycles. The second-order valence-corrected chi connectivity index (χ2v) is 7.50. The minimum absolute atomic E-state index is 0.853. The Kier molecular flexibility index (Phi) is 5.26. The number of aromatic nitrogens is 3. The summed E-state index contributed by atoms with van der Waals surface area (Å²) in [5.74, 6) is 2.03. The van der Waals surface area contributed by atoms with E-state index in [9.17, 15) is 0 Å². The van der Waals surface area contributed by atoms with Crippen LogP contribution in [0.1, 0.15) is 47.8 Å². The molecular weight excluding hydrogens is 292 g/mol. The summed E-state index contributed by atoms with van der Waals surface area (Å²) in [5, 5.41) is 0. The van der Waals surface area contributed by atoms with Crippen molar-refractivity contribution in [2.75, 3.05) is 13.6 Å². The molecule has 2 aromatic heterocycles. The van der Waals surface area contributed by atoms with Gasteiger partial charge in [-0.3, -0.25) is 0 Å². The van der Waals surface area contributed by atoms with E-state index in [1.54, 1.807) is 11.3 Å². The van der Waals surface area contributed by atoms with E-state index in [-0.39, 0.29) is 0 Å². The quantitative estimate of drug-likeness (QED) is 0.848. The predicted molar refractivity (Wildman–Crippen MR) is 91.1 cm³/mol. The number of hydrogen-bond donors (Lipinski definition) is 1. The van der Waals surface area contributed by atoms with Crippen LogP contribution in [0.15, 0.2) is 11.7 Å². The minimum atomic E-state index is 0.853. The molecular formula is C17H26N4S. The summed E-state index contributed by atoms with van der Waals surface area (Å²) in [6.45, 7) is 4.09. The van der Waals surface area contributed by atoms with Crippen molar-refractivity contribution in [1.82, 2.24) is 19.9 Å². The summed E-state index contributed by atoms with van der Waals surface area (Å²) in [6, 6.07) is 0. The summed E-state index contributed by atoms with van der Waals surface area (Å²) in [4.78, 5) is 16.1. The van der Waals surface area contributed by atoms with Crippen LogP contribution in [-0.4, -0.2) is 33.4 Å². The fourth-order valence-corrected chi connectivity index (χ4v) is 4.08. The van der Waals surface area contributed by atoms with Crippen LogP contribution in [0, 0.1) is 12.8 Å². The molecule has 1 fully saturated rings. The molecule has 22 heavy (non-hydrogen) atoms. The van der Waals surface area contributed by atoms with Crippen LogP contribution >= 0.6 is 11.3 Å². The number of aryl methyl sites for hydroxylation is 1. The van der Waals surface area contributed by atoms with Gasteiger partial charge in [0.1, 0.15) is 5.82 Å². The Bertz CT molecular complexity index is 583. The van der Waals surface area contributed by atoms with Crippen molar-refractivity contribution in [2.45, 2.75) is 52.0 Å². The Hall–Kier alpha value is -1.20.